The van der Waals surface area contributed by atoms with E-state index in [2.05, 4.69) is 26.8 Å². The molecule has 3 aromatic heterocycles. The van der Waals surface area contributed by atoms with Crippen molar-refractivity contribution >= 4 is 23.0 Å². The van der Waals surface area contributed by atoms with E-state index in [1.54, 1.807) is 23.6 Å². The van der Waals surface area contributed by atoms with Gasteiger partial charge in [0.2, 0.25) is 5.91 Å². The summed E-state index contributed by atoms with van der Waals surface area (Å²) in [7, 11) is 0. The minimum absolute atomic E-state index is 0.0961. The molecule has 2 aliphatic rings. The lowest BCUT2D eigenvalue weighted by molar-refractivity contribution is -0.128. The first-order valence-corrected chi connectivity index (χ1v) is 13.1. The number of nitrogens with zero attached hydrogens (tertiary/aromatic N) is 5. The van der Waals surface area contributed by atoms with Crippen LogP contribution in [0.3, 0.4) is 0 Å². The molecule has 10 nitrogen and oxygen atoms in total. The van der Waals surface area contributed by atoms with Crippen LogP contribution in [0.25, 0.3) is 16.9 Å². The second-order valence-corrected chi connectivity index (χ2v) is 11.1. The van der Waals surface area contributed by atoms with Gasteiger partial charge >= 0.3 is 0 Å². The van der Waals surface area contributed by atoms with Gasteiger partial charge in [-0.3, -0.25) is 14.6 Å². The molecule has 1 saturated heterocycles. The number of pyridine rings is 1. The van der Waals surface area contributed by atoms with Gasteiger partial charge in [-0.25, -0.2) is 8.91 Å². The first kappa shape index (κ1) is 26.6. The number of alkyl halides is 1. The van der Waals surface area contributed by atoms with Gasteiger partial charge in [-0.1, -0.05) is 0 Å². The monoisotopic (exact) mass is 533 g/mol. The highest BCUT2D eigenvalue weighted by Crippen LogP contribution is 2.40. The number of nitrogens with one attached hydrogen (secondary N) is 2. The van der Waals surface area contributed by atoms with Crippen LogP contribution in [0.2, 0.25) is 0 Å². The third kappa shape index (κ3) is 5.43. The van der Waals surface area contributed by atoms with Crippen molar-refractivity contribution in [1.82, 2.24) is 24.8 Å². The SMILES string of the molecule is CC(=O)N1C[C@H]2CC(Nc3cc(-c4ccc5cc(C#N)cnn45)ncc3C(=O)NC[C@@H](F)C(C)(C)O)C[C@H]2C1. The van der Waals surface area contributed by atoms with Crippen molar-refractivity contribution in [2.45, 2.75) is 51.4 Å². The van der Waals surface area contributed by atoms with Crippen LogP contribution in [-0.4, -0.2) is 73.9 Å². The molecule has 3 N–H and O–H groups in total. The maximum atomic E-state index is 14.3. The Labute approximate surface area is 225 Å². The number of likely N-dealkylation sites (tertiary alicyclic amines) is 1. The summed E-state index contributed by atoms with van der Waals surface area (Å²) < 4.78 is 16.0. The molecule has 204 valence electrons. The van der Waals surface area contributed by atoms with E-state index in [1.807, 2.05) is 17.0 Å². The molecule has 0 spiro atoms. The summed E-state index contributed by atoms with van der Waals surface area (Å²) in [5, 5.41) is 29.6. The number of carbonyl (C=O) groups is 2. The summed E-state index contributed by atoms with van der Waals surface area (Å²) in [5.41, 5.74) is 1.70. The van der Waals surface area contributed by atoms with Crippen molar-refractivity contribution in [3.8, 4) is 17.5 Å². The lowest BCUT2D eigenvalue weighted by atomic mass is 10.0. The number of halogens is 1. The van der Waals surface area contributed by atoms with Crippen LogP contribution < -0.4 is 10.6 Å². The second-order valence-electron chi connectivity index (χ2n) is 11.1. The summed E-state index contributed by atoms with van der Waals surface area (Å²) in [6.07, 6.45) is 3.03. The Morgan fingerprint density at radius 3 is 2.59 bits per heavy atom. The number of anilines is 1. The van der Waals surface area contributed by atoms with Crippen molar-refractivity contribution in [2.24, 2.45) is 11.8 Å². The number of hydrogen-bond donors (Lipinski definition) is 3. The van der Waals surface area contributed by atoms with Crippen LogP contribution in [0.4, 0.5) is 10.1 Å². The Hall–Kier alpha value is -4.04. The largest absolute Gasteiger partial charge is 0.387 e. The quantitative estimate of drug-likeness (QED) is 0.425. The first-order valence-electron chi connectivity index (χ1n) is 13.1. The molecule has 0 bridgehead atoms. The van der Waals surface area contributed by atoms with Gasteiger partial charge in [0.15, 0.2) is 0 Å². The van der Waals surface area contributed by atoms with Gasteiger partial charge in [-0.15, -0.1) is 0 Å². The average molecular weight is 534 g/mol. The third-order valence-corrected chi connectivity index (χ3v) is 7.80. The van der Waals surface area contributed by atoms with Crippen LogP contribution in [0.15, 0.2) is 36.7 Å². The average Bonchev–Trinajstić information content (AvgIpc) is 3.59. The number of fused-ring (bicyclic) bond motifs is 2. The minimum Gasteiger partial charge on any atom is -0.387 e. The molecule has 0 aromatic carbocycles. The van der Waals surface area contributed by atoms with Gasteiger partial charge in [0.05, 0.1) is 52.1 Å². The summed E-state index contributed by atoms with van der Waals surface area (Å²) in [5.74, 6) is 0.398. The molecule has 1 aliphatic heterocycles. The molecule has 0 radical (unpaired) electrons. The van der Waals surface area contributed by atoms with E-state index < -0.39 is 17.7 Å². The molecule has 2 amide bonds. The lowest BCUT2D eigenvalue weighted by Crippen LogP contribution is -2.42. The number of amides is 2. The number of carbonyl (C=O) groups excluding carboxylic acids is 2. The van der Waals surface area contributed by atoms with E-state index in [-0.39, 0.29) is 24.1 Å². The molecular formula is C28H32FN7O3. The summed E-state index contributed by atoms with van der Waals surface area (Å²) >= 11 is 0. The second kappa shape index (κ2) is 10.3. The van der Waals surface area contributed by atoms with Crippen molar-refractivity contribution in [2.75, 3.05) is 25.0 Å². The van der Waals surface area contributed by atoms with Crippen LogP contribution in [0, 0.1) is 23.2 Å². The van der Waals surface area contributed by atoms with Crippen molar-refractivity contribution in [1.29, 1.82) is 5.26 Å². The van der Waals surface area contributed by atoms with E-state index in [9.17, 15) is 24.3 Å². The maximum Gasteiger partial charge on any atom is 0.255 e. The first-order chi connectivity index (χ1) is 18.5. The van der Waals surface area contributed by atoms with Crippen LogP contribution in [0.1, 0.15) is 49.5 Å². The van der Waals surface area contributed by atoms with Gasteiger partial charge in [0.25, 0.3) is 5.91 Å². The Bertz CT molecular complexity index is 1440. The van der Waals surface area contributed by atoms with E-state index >= 15 is 0 Å². The zero-order valence-corrected chi connectivity index (χ0v) is 22.2. The van der Waals surface area contributed by atoms with Crippen LogP contribution in [0.5, 0.6) is 0 Å². The Balaban J connectivity index is 1.42. The molecule has 1 unspecified atom stereocenters. The van der Waals surface area contributed by atoms with E-state index in [1.165, 1.54) is 26.2 Å². The minimum atomic E-state index is -1.64. The Morgan fingerprint density at radius 2 is 1.95 bits per heavy atom. The summed E-state index contributed by atoms with van der Waals surface area (Å²) in [6.45, 7) is 5.45. The normalized spacial score (nSPS) is 21.4. The molecule has 3 aromatic rings. The topological polar surface area (TPSA) is 136 Å². The van der Waals surface area contributed by atoms with Crippen molar-refractivity contribution in [3.63, 3.8) is 0 Å². The van der Waals surface area contributed by atoms with Gasteiger partial charge in [-0.05, 0) is 62.8 Å². The lowest BCUT2D eigenvalue weighted by Gasteiger charge is -2.23. The number of hydrogen-bond acceptors (Lipinski definition) is 7. The number of aliphatic hydroxyl groups is 1. The van der Waals surface area contributed by atoms with E-state index in [0.29, 0.717) is 34.5 Å². The molecular weight excluding hydrogens is 501 g/mol. The standard InChI is InChI=1S/C28H32FN7O3/c1-16(37)35-14-18-7-20(8-19(18)15-35)34-23-9-24(25-5-4-21-6-17(10-30)11-33-36(21)25)31-12-22(23)27(38)32-13-26(29)28(2,3)39/h4-6,9,11-12,18-20,26,39H,7-8,13-15H2,1-3H3,(H,31,34)(H,32,38)/t18-,19+,20?,26-/m1/s1. The predicted octanol–water partition coefficient (Wildman–Crippen LogP) is 2.78. The van der Waals surface area contributed by atoms with Crippen LogP contribution in [-0.2, 0) is 4.79 Å². The Kier molecular flexibility index (Phi) is 6.99. The van der Waals surface area contributed by atoms with Crippen molar-refractivity contribution in [3.05, 3.63) is 47.8 Å². The fourth-order valence-electron chi connectivity index (χ4n) is 5.57. The van der Waals surface area contributed by atoms with Gasteiger partial charge in [0, 0.05) is 32.3 Å². The van der Waals surface area contributed by atoms with E-state index in [4.69, 9.17) is 0 Å². The Morgan fingerprint density at radius 1 is 1.23 bits per heavy atom. The number of nitriles is 1. The molecule has 5 rings (SSSR count). The fraction of sp³-hybridized carbons (Fsp3) is 0.464. The zero-order chi connectivity index (χ0) is 27.9. The van der Waals surface area contributed by atoms with Gasteiger partial charge in [0.1, 0.15) is 12.2 Å². The number of aromatic nitrogens is 3. The molecule has 1 aliphatic carbocycles. The molecule has 39 heavy (non-hydrogen) atoms. The molecule has 11 heteroatoms. The molecule has 2 fully saturated rings. The van der Waals surface area contributed by atoms with Crippen LogP contribution >= 0.6 is 0 Å². The summed E-state index contributed by atoms with van der Waals surface area (Å²) in [4.78, 5) is 31.4. The van der Waals surface area contributed by atoms with Gasteiger partial charge < -0.3 is 20.6 Å². The van der Waals surface area contributed by atoms with E-state index in [0.717, 1.165) is 31.4 Å². The zero-order valence-electron chi connectivity index (χ0n) is 22.2. The van der Waals surface area contributed by atoms with Crippen molar-refractivity contribution < 1.29 is 19.1 Å². The smallest absolute Gasteiger partial charge is 0.255 e. The molecule has 4 atom stereocenters. The highest BCUT2D eigenvalue weighted by Gasteiger charge is 2.42. The molecule has 4 heterocycles. The molecule has 1 saturated carbocycles. The maximum absolute atomic E-state index is 14.3. The highest BCUT2D eigenvalue weighted by molar-refractivity contribution is 6.00. The predicted molar refractivity (Wildman–Crippen MR) is 143 cm³/mol. The fourth-order valence-corrected chi connectivity index (χ4v) is 5.57. The third-order valence-electron chi connectivity index (χ3n) is 7.80. The van der Waals surface area contributed by atoms with Gasteiger partial charge in [-0.2, -0.15) is 10.4 Å². The highest BCUT2D eigenvalue weighted by atomic mass is 19.1. The number of rotatable bonds is 7. The summed E-state index contributed by atoms with van der Waals surface area (Å²) in [6, 6.07) is 9.39.